The van der Waals surface area contributed by atoms with Gasteiger partial charge in [0.25, 0.3) is 11.8 Å². The van der Waals surface area contributed by atoms with Gasteiger partial charge in [0.15, 0.2) is 0 Å². The maximum atomic E-state index is 12.9. The number of nitrogens with zero attached hydrogens (tertiary/aromatic N) is 1. The Bertz CT molecular complexity index is 1420. The monoisotopic (exact) mass is 563 g/mol. The number of hydrogen-bond acceptors (Lipinski definition) is 7. The highest BCUT2D eigenvalue weighted by molar-refractivity contribution is 9.10. The number of rotatable bonds is 8. The van der Waals surface area contributed by atoms with Crippen LogP contribution in [-0.4, -0.2) is 24.0 Å². The summed E-state index contributed by atoms with van der Waals surface area (Å²) in [7, 11) is 0. The number of ether oxygens (including phenoxy) is 1. The van der Waals surface area contributed by atoms with Gasteiger partial charge in [-0.25, -0.2) is 10.2 Å². The van der Waals surface area contributed by atoms with Crippen LogP contribution in [0, 0.1) is 0 Å². The highest BCUT2D eigenvalue weighted by atomic mass is 79.9. The highest BCUT2D eigenvalue weighted by Gasteiger charge is 2.16. The molecule has 0 radical (unpaired) electrons. The first kappa shape index (κ1) is 24.8. The van der Waals surface area contributed by atoms with Crippen molar-refractivity contribution in [3.8, 4) is 5.75 Å². The zero-order valence-corrected chi connectivity index (χ0v) is 20.9. The molecule has 180 valence electrons. The van der Waals surface area contributed by atoms with Crippen LogP contribution in [0.5, 0.6) is 5.75 Å². The number of halogens is 1. The van der Waals surface area contributed by atoms with Gasteiger partial charge in [-0.05, 0) is 60.0 Å². The van der Waals surface area contributed by atoms with Crippen LogP contribution in [0.25, 0.3) is 6.08 Å². The lowest BCUT2D eigenvalue weighted by atomic mass is 10.2. The topological polar surface area (TPSA) is 110 Å². The van der Waals surface area contributed by atoms with E-state index in [-0.39, 0.29) is 17.2 Å². The van der Waals surface area contributed by atoms with Crippen molar-refractivity contribution in [2.24, 2.45) is 5.10 Å². The van der Waals surface area contributed by atoms with Crippen LogP contribution >= 0.6 is 27.3 Å². The minimum absolute atomic E-state index is 0.0159. The fourth-order valence-corrected chi connectivity index (χ4v) is 3.97. The molecule has 2 aromatic heterocycles. The molecule has 0 saturated heterocycles. The quantitative estimate of drug-likeness (QED) is 0.100. The van der Waals surface area contributed by atoms with Crippen LogP contribution in [0.3, 0.4) is 0 Å². The minimum atomic E-state index is -0.675. The number of hydrazone groups is 1. The van der Waals surface area contributed by atoms with E-state index < -0.39 is 17.8 Å². The Morgan fingerprint density at radius 2 is 1.83 bits per heavy atom. The molecule has 0 bridgehead atoms. The number of carbonyl (C=O) groups is 3. The zero-order valence-electron chi connectivity index (χ0n) is 18.5. The van der Waals surface area contributed by atoms with Crippen molar-refractivity contribution >= 4 is 57.3 Å². The molecule has 0 aliphatic rings. The van der Waals surface area contributed by atoms with Crippen molar-refractivity contribution in [3.05, 3.63) is 116 Å². The molecular formula is C26H18BrN3O5S. The zero-order chi connectivity index (χ0) is 25.3. The smallest absolute Gasteiger partial charge is 0.379 e. The molecule has 4 aromatic rings. The molecule has 0 unspecified atom stereocenters. The Kier molecular flexibility index (Phi) is 8.22. The van der Waals surface area contributed by atoms with Crippen LogP contribution in [0.1, 0.15) is 31.4 Å². The Labute approximate surface area is 218 Å². The van der Waals surface area contributed by atoms with Crippen molar-refractivity contribution in [1.29, 1.82) is 0 Å². The van der Waals surface area contributed by atoms with E-state index in [2.05, 4.69) is 31.8 Å². The minimum Gasteiger partial charge on any atom is -0.457 e. The second kappa shape index (κ2) is 11.9. The molecule has 8 nitrogen and oxygen atoms in total. The first-order chi connectivity index (χ1) is 17.5. The van der Waals surface area contributed by atoms with Crippen LogP contribution in [0.2, 0.25) is 0 Å². The first-order valence-electron chi connectivity index (χ1n) is 10.5. The van der Waals surface area contributed by atoms with Gasteiger partial charge in [0.1, 0.15) is 11.4 Å². The third-order valence-electron chi connectivity index (χ3n) is 4.63. The molecule has 10 heteroatoms. The van der Waals surface area contributed by atoms with E-state index in [1.165, 1.54) is 29.9 Å². The molecule has 0 aliphatic carbocycles. The van der Waals surface area contributed by atoms with Gasteiger partial charge in [0.05, 0.1) is 12.5 Å². The largest absolute Gasteiger partial charge is 0.457 e. The maximum absolute atomic E-state index is 12.9. The second-order valence-electron chi connectivity index (χ2n) is 7.14. The molecule has 0 atom stereocenters. The summed E-state index contributed by atoms with van der Waals surface area (Å²) in [6.07, 6.45) is 4.26. The number of amides is 2. The summed E-state index contributed by atoms with van der Waals surface area (Å²) in [5, 5.41) is 8.49. The van der Waals surface area contributed by atoms with Gasteiger partial charge in [0.2, 0.25) is 5.76 Å². The van der Waals surface area contributed by atoms with E-state index >= 15 is 0 Å². The van der Waals surface area contributed by atoms with Gasteiger partial charge in [-0.1, -0.05) is 40.2 Å². The number of furan rings is 1. The number of nitrogens with one attached hydrogen (secondary N) is 2. The van der Waals surface area contributed by atoms with Crippen molar-refractivity contribution in [2.75, 3.05) is 0 Å². The summed E-state index contributed by atoms with van der Waals surface area (Å²) in [5.41, 5.74) is 3.25. The van der Waals surface area contributed by atoms with Gasteiger partial charge < -0.3 is 14.5 Å². The lowest BCUT2D eigenvalue weighted by Gasteiger charge is -2.09. The number of benzene rings is 2. The number of esters is 1. The summed E-state index contributed by atoms with van der Waals surface area (Å²) in [5.74, 6) is -1.48. The Balaban J connectivity index is 1.50. The number of carbonyl (C=O) groups excluding carboxylic acids is 3. The fourth-order valence-electron chi connectivity index (χ4n) is 2.94. The Hall–Kier alpha value is -4.28. The van der Waals surface area contributed by atoms with Gasteiger partial charge >= 0.3 is 5.97 Å². The summed E-state index contributed by atoms with van der Waals surface area (Å²) in [6, 6.07) is 20.2. The average molecular weight is 564 g/mol. The molecule has 0 spiro atoms. The normalized spacial score (nSPS) is 11.3. The van der Waals surface area contributed by atoms with E-state index in [9.17, 15) is 14.4 Å². The Morgan fingerprint density at radius 3 is 2.56 bits per heavy atom. The van der Waals surface area contributed by atoms with Crippen LogP contribution in [-0.2, 0) is 4.79 Å². The predicted molar refractivity (Wildman–Crippen MR) is 140 cm³/mol. The second-order valence-corrected chi connectivity index (χ2v) is 9.04. The van der Waals surface area contributed by atoms with E-state index in [0.717, 1.165) is 4.88 Å². The fraction of sp³-hybridized carbons (Fsp3) is 0. The van der Waals surface area contributed by atoms with E-state index in [1.54, 1.807) is 60.7 Å². The number of hydrogen-bond donors (Lipinski definition) is 2. The molecule has 2 heterocycles. The summed E-state index contributed by atoms with van der Waals surface area (Å²) >= 11 is 4.78. The van der Waals surface area contributed by atoms with Crippen LogP contribution in [0.15, 0.2) is 104 Å². The van der Waals surface area contributed by atoms with E-state index in [1.807, 2.05) is 17.5 Å². The van der Waals surface area contributed by atoms with Crippen molar-refractivity contribution < 1.29 is 23.5 Å². The molecule has 2 amide bonds. The maximum Gasteiger partial charge on any atom is 0.379 e. The first-order valence-corrected chi connectivity index (χ1v) is 12.2. The summed E-state index contributed by atoms with van der Waals surface area (Å²) in [4.78, 5) is 38.6. The molecule has 4 rings (SSSR count). The summed E-state index contributed by atoms with van der Waals surface area (Å²) < 4.78 is 11.2. The van der Waals surface area contributed by atoms with Gasteiger partial charge in [-0.3, -0.25) is 9.59 Å². The Morgan fingerprint density at radius 1 is 1.00 bits per heavy atom. The average Bonchev–Trinajstić information content (AvgIpc) is 3.60. The van der Waals surface area contributed by atoms with Crippen LogP contribution < -0.4 is 15.5 Å². The molecular weight excluding hydrogens is 546 g/mol. The van der Waals surface area contributed by atoms with Gasteiger partial charge in [-0.2, -0.15) is 5.10 Å². The van der Waals surface area contributed by atoms with E-state index in [0.29, 0.717) is 15.6 Å². The SMILES string of the molecule is O=C(N/N=C\c1cc(Br)ccc1OC(=O)c1ccco1)/C(=C\c1cccs1)NC(=O)c1ccccc1. The molecule has 0 aliphatic heterocycles. The number of thiophene rings is 1. The lowest BCUT2D eigenvalue weighted by molar-refractivity contribution is -0.117. The molecule has 36 heavy (non-hydrogen) atoms. The van der Waals surface area contributed by atoms with Crippen LogP contribution in [0.4, 0.5) is 0 Å². The standard InChI is InChI=1S/C26H18BrN3O5S/c27-19-10-11-22(35-26(33)23-9-4-12-34-23)18(14-19)16-28-30-25(32)21(15-20-8-5-13-36-20)29-24(31)17-6-2-1-3-7-17/h1-16H,(H,29,31)(H,30,32)/b21-15+,28-16-. The molecule has 0 fully saturated rings. The highest BCUT2D eigenvalue weighted by Crippen LogP contribution is 2.23. The molecule has 2 N–H and O–H groups in total. The predicted octanol–water partition coefficient (Wildman–Crippen LogP) is 5.24. The van der Waals surface area contributed by atoms with Gasteiger partial charge in [-0.15, -0.1) is 11.3 Å². The molecule has 0 saturated carbocycles. The van der Waals surface area contributed by atoms with Gasteiger partial charge in [0, 0.05) is 20.5 Å². The third kappa shape index (κ3) is 6.65. The lowest BCUT2D eigenvalue weighted by Crippen LogP contribution is -2.32. The molecule has 2 aromatic carbocycles. The van der Waals surface area contributed by atoms with Crippen molar-refractivity contribution in [1.82, 2.24) is 10.7 Å². The third-order valence-corrected chi connectivity index (χ3v) is 5.94. The summed E-state index contributed by atoms with van der Waals surface area (Å²) in [6.45, 7) is 0. The van der Waals surface area contributed by atoms with Crippen molar-refractivity contribution in [2.45, 2.75) is 0 Å². The van der Waals surface area contributed by atoms with E-state index in [4.69, 9.17) is 9.15 Å². The van der Waals surface area contributed by atoms with Crippen molar-refractivity contribution in [3.63, 3.8) is 0 Å².